The fourth-order valence-corrected chi connectivity index (χ4v) is 2.20. The van der Waals surface area contributed by atoms with Gasteiger partial charge in [0.25, 0.3) is 0 Å². The van der Waals surface area contributed by atoms with Crippen LogP contribution in [-0.4, -0.2) is 36.1 Å². The number of nitrogens with zero attached hydrogens (tertiary/aromatic N) is 1. The summed E-state index contributed by atoms with van der Waals surface area (Å²) in [5.74, 6) is 0. The van der Waals surface area contributed by atoms with Crippen LogP contribution in [0.4, 0.5) is 0 Å². The first-order valence-corrected chi connectivity index (χ1v) is 7.51. The molecule has 0 aliphatic heterocycles. The van der Waals surface area contributed by atoms with Gasteiger partial charge < -0.3 is 5.32 Å². The Morgan fingerprint density at radius 2 is 1.65 bits per heavy atom. The lowest BCUT2D eigenvalue weighted by molar-refractivity contribution is 0.140. The molecule has 2 nitrogen and oxygen atoms in total. The Bertz CT molecular complexity index is 168. The highest BCUT2D eigenvalue weighted by Crippen LogP contribution is 2.12. The van der Waals surface area contributed by atoms with Crippen molar-refractivity contribution in [3.63, 3.8) is 0 Å². The van der Waals surface area contributed by atoms with Crippen LogP contribution >= 0.6 is 0 Å². The molecule has 0 aromatic heterocycles. The summed E-state index contributed by atoms with van der Waals surface area (Å²) in [6, 6.07) is 2.02. The molecule has 0 aromatic carbocycles. The van der Waals surface area contributed by atoms with E-state index in [0.29, 0.717) is 12.1 Å². The third kappa shape index (κ3) is 7.77. The van der Waals surface area contributed by atoms with Crippen molar-refractivity contribution >= 4 is 0 Å². The quantitative estimate of drug-likeness (QED) is 0.629. The zero-order valence-electron chi connectivity index (χ0n) is 12.9. The maximum atomic E-state index is 3.52. The SMILES string of the molecule is CCCCN(C(C)CC)C(C)CCNC(C)C. The van der Waals surface area contributed by atoms with Crippen molar-refractivity contribution in [1.29, 1.82) is 0 Å². The predicted octanol–water partition coefficient (Wildman–Crippen LogP) is 3.66. The summed E-state index contributed by atoms with van der Waals surface area (Å²) in [6.45, 7) is 16.1. The summed E-state index contributed by atoms with van der Waals surface area (Å²) in [6.07, 6.45) is 5.13. The molecule has 0 heterocycles. The number of rotatable bonds is 10. The van der Waals surface area contributed by atoms with E-state index in [2.05, 4.69) is 51.8 Å². The van der Waals surface area contributed by atoms with Gasteiger partial charge in [0.05, 0.1) is 0 Å². The van der Waals surface area contributed by atoms with Crippen molar-refractivity contribution in [2.45, 2.75) is 85.4 Å². The zero-order valence-corrected chi connectivity index (χ0v) is 12.9. The van der Waals surface area contributed by atoms with E-state index in [4.69, 9.17) is 0 Å². The van der Waals surface area contributed by atoms with Gasteiger partial charge in [-0.15, -0.1) is 0 Å². The van der Waals surface area contributed by atoms with Crippen LogP contribution in [0.1, 0.15) is 67.2 Å². The summed E-state index contributed by atoms with van der Waals surface area (Å²) in [5, 5.41) is 3.52. The number of nitrogens with one attached hydrogen (secondary N) is 1. The van der Waals surface area contributed by atoms with Gasteiger partial charge in [0, 0.05) is 18.1 Å². The molecule has 0 saturated heterocycles. The van der Waals surface area contributed by atoms with Crippen molar-refractivity contribution in [1.82, 2.24) is 10.2 Å². The highest BCUT2D eigenvalue weighted by Gasteiger charge is 2.17. The van der Waals surface area contributed by atoms with Crippen LogP contribution in [0.3, 0.4) is 0 Å². The summed E-state index contributed by atoms with van der Waals surface area (Å²) in [4.78, 5) is 2.69. The Morgan fingerprint density at radius 1 is 1.00 bits per heavy atom. The van der Waals surface area contributed by atoms with E-state index < -0.39 is 0 Å². The molecular formula is C15H34N2. The van der Waals surface area contributed by atoms with E-state index in [-0.39, 0.29) is 0 Å². The first-order valence-electron chi connectivity index (χ1n) is 7.51. The molecule has 2 atom stereocenters. The number of hydrogen-bond acceptors (Lipinski definition) is 2. The van der Waals surface area contributed by atoms with Gasteiger partial charge in [-0.05, 0) is 46.2 Å². The molecule has 0 aromatic rings. The minimum absolute atomic E-state index is 0.606. The molecule has 0 amide bonds. The minimum atomic E-state index is 0.606. The van der Waals surface area contributed by atoms with Crippen molar-refractivity contribution in [3.05, 3.63) is 0 Å². The van der Waals surface area contributed by atoms with Crippen LogP contribution < -0.4 is 5.32 Å². The summed E-state index contributed by atoms with van der Waals surface area (Å²) in [7, 11) is 0. The monoisotopic (exact) mass is 242 g/mol. The maximum Gasteiger partial charge on any atom is 0.00818 e. The van der Waals surface area contributed by atoms with Crippen molar-refractivity contribution in [2.24, 2.45) is 0 Å². The largest absolute Gasteiger partial charge is 0.314 e. The molecule has 0 bridgehead atoms. The van der Waals surface area contributed by atoms with Crippen LogP contribution in [-0.2, 0) is 0 Å². The lowest BCUT2D eigenvalue weighted by Gasteiger charge is -2.34. The summed E-state index contributed by atoms with van der Waals surface area (Å²) >= 11 is 0. The summed E-state index contributed by atoms with van der Waals surface area (Å²) < 4.78 is 0. The third-order valence-corrected chi connectivity index (χ3v) is 3.61. The van der Waals surface area contributed by atoms with Crippen LogP contribution in [0.15, 0.2) is 0 Å². The maximum absolute atomic E-state index is 3.52. The van der Waals surface area contributed by atoms with E-state index in [1.165, 1.54) is 32.2 Å². The van der Waals surface area contributed by atoms with Crippen LogP contribution in [0.2, 0.25) is 0 Å². The zero-order chi connectivity index (χ0) is 13.3. The molecule has 0 rings (SSSR count). The highest BCUT2D eigenvalue weighted by molar-refractivity contribution is 4.74. The molecule has 0 aliphatic rings. The van der Waals surface area contributed by atoms with Gasteiger partial charge in [-0.25, -0.2) is 0 Å². The Labute approximate surface area is 109 Å². The van der Waals surface area contributed by atoms with Gasteiger partial charge in [-0.1, -0.05) is 34.1 Å². The van der Waals surface area contributed by atoms with Crippen LogP contribution in [0.25, 0.3) is 0 Å². The molecule has 1 N–H and O–H groups in total. The number of unbranched alkanes of at least 4 members (excludes halogenated alkanes) is 1. The number of hydrogen-bond donors (Lipinski definition) is 1. The standard InChI is InChI=1S/C15H34N2/c1-7-9-12-17(14(5)8-2)15(6)10-11-16-13(3)4/h13-16H,7-12H2,1-6H3. The van der Waals surface area contributed by atoms with Gasteiger partial charge in [0.1, 0.15) is 0 Å². The second-order valence-electron chi connectivity index (χ2n) is 5.60. The first-order chi connectivity index (χ1) is 8.02. The minimum Gasteiger partial charge on any atom is -0.314 e. The van der Waals surface area contributed by atoms with Gasteiger partial charge in [-0.2, -0.15) is 0 Å². The van der Waals surface area contributed by atoms with E-state index >= 15 is 0 Å². The molecule has 2 heteroatoms. The van der Waals surface area contributed by atoms with Crippen LogP contribution in [0, 0.1) is 0 Å². The topological polar surface area (TPSA) is 15.3 Å². The smallest absolute Gasteiger partial charge is 0.00818 e. The lowest BCUT2D eigenvalue weighted by atomic mass is 10.1. The van der Waals surface area contributed by atoms with E-state index in [9.17, 15) is 0 Å². The van der Waals surface area contributed by atoms with E-state index in [1.807, 2.05) is 0 Å². The average Bonchev–Trinajstić information content (AvgIpc) is 2.28. The Balaban J connectivity index is 4.07. The normalized spacial score (nSPS) is 15.5. The van der Waals surface area contributed by atoms with Crippen LogP contribution in [0.5, 0.6) is 0 Å². The predicted molar refractivity (Wildman–Crippen MR) is 78.6 cm³/mol. The Morgan fingerprint density at radius 3 is 2.12 bits per heavy atom. The molecule has 17 heavy (non-hydrogen) atoms. The molecule has 0 radical (unpaired) electrons. The fourth-order valence-electron chi connectivity index (χ4n) is 2.20. The Kier molecular flexibility index (Phi) is 9.85. The molecule has 0 aliphatic carbocycles. The first kappa shape index (κ1) is 16.9. The van der Waals surface area contributed by atoms with Gasteiger partial charge >= 0.3 is 0 Å². The molecule has 0 saturated carbocycles. The lowest BCUT2D eigenvalue weighted by Crippen LogP contribution is -2.42. The van der Waals surface area contributed by atoms with Crippen molar-refractivity contribution in [2.75, 3.05) is 13.1 Å². The molecule has 0 fully saturated rings. The average molecular weight is 242 g/mol. The second-order valence-corrected chi connectivity index (χ2v) is 5.60. The molecular weight excluding hydrogens is 208 g/mol. The van der Waals surface area contributed by atoms with Gasteiger partial charge in [-0.3, -0.25) is 4.90 Å². The second kappa shape index (κ2) is 9.90. The van der Waals surface area contributed by atoms with Crippen molar-refractivity contribution in [3.8, 4) is 0 Å². The van der Waals surface area contributed by atoms with E-state index in [0.717, 1.165) is 12.6 Å². The third-order valence-electron chi connectivity index (χ3n) is 3.61. The van der Waals surface area contributed by atoms with Gasteiger partial charge in [0.2, 0.25) is 0 Å². The summed E-state index contributed by atoms with van der Waals surface area (Å²) in [5.41, 5.74) is 0. The Hall–Kier alpha value is -0.0800. The molecule has 104 valence electrons. The van der Waals surface area contributed by atoms with Crippen molar-refractivity contribution < 1.29 is 0 Å². The molecule has 2 unspecified atom stereocenters. The molecule has 0 spiro atoms. The van der Waals surface area contributed by atoms with Gasteiger partial charge in [0.15, 0.2) is 0 Å². The van der Waals surface area contributed by atoms with E-state index in [1.54, 1.807) is 0 Å². The highest BCUT2D eigenvalue weighted by atomic mass is 15.2. The fraction of sp³-hybridized carbons (Fsp3) is 1.00.